The van der Waals surface area contributed by atoms with Crippen molar-refractivity contribution in [1.82, 2.24) is 5.32 Å². The Labute approximate surface area is 109 Å². The number of carbonyl (C=O) groups excluding carboxylic acids is 1. The monoisotopic (exact) mass is 298 g/mol. The quantitative estimate of drug-likeness (QED) is 0.894. The van der Waals surface area contributed by atoms with Crippen molar-refractivity contribution in [2.75, 3.05) is 25.0 Å². The predicted octanol–water partition coefficient (Wildman–Crippen LogP) is 1.77. The van der Waals surface area contributed by atoms with Crippen LogP contribution in [0, 0.1) is 0 Å². The van der Waals surface area contributed by atoms with Gasteiger partial charge in [-0.15, -0.1) is 0 Å². The molecule has 0 saturated carbocycles. The van der Waals surface area contributed by atoms with Crippen LogP contribution in [0.25, 0.3) is 0 Å². The third-order valence-electron chi connectivity index (χ3n) is 2.53. The lowest BCUT2D eigenvalue weighted by molar-refractivity contribution is -0.119. The Balaban J connectivity index is 1.84. The summed E-state index contributed by atoms with van der Waals surface area (Å²) in [6.45, 7) is 2.28. The molecular formula is C12H15BrN2O2. The van der Waals surface area contributed by atoms with Gasteiger partial charge >= 0.3 is 0 Å². The van der Waals surface area contributed by atoms with Crippen LogP contribution in [-0.2, 0) is 9.53 Å². The van der Waals surface area contributed by atoms with Crippen molar-refractivity contribution in [1.29, 1.82) is 0 Å². The average Bonchev–Trinajstić information content (AvgIpc) is 2.30. The maximum atomic E-state index is 11.8. The standard InChI is InChI=1S/C12H15BrN2O2/c13-9-2-1-3-10(6-9)15-12(16)7-11-8-14-4-5-17-11/h1-3,6,11,14H,4-5,7-8H2,(H,15,16). The molecule has 0 bridgehead atoms. The SMILES string of the molecule is O=C(CC1CNCCO1)Nc1cccc(Br)c1. The maximum absolute atomic E-state index is 11.8. The summed E-state index contributed by atoms with van der Waals surface area (Å²) in [5.41, 5.74) is 0.799. The minimum atomic E-state index is -0.0177. The predicted molar refractivity (Wildman–Crippen MR) is 70.0 cm³/mol. The Morgan fingerprint density at radius 3 is 3.18 bits per heavy atom. The van der Waals surface area contributed by atoms with E-state index in [-0.39, 0.29) is 12.0 Å². The summed E-state index contributed by atoms with van der Waals surface area (Å²) in [6, 6.07) is 7.54. The Morgan fingerprint density at radius 1 is 1.59 bits per heavy atom. The van der Waals surface area contributed by atoms with Gasteiger partial charge in [-0.1, -0.05) is 22.0 Å². The van der Waals surface area contributed by atoms with Crippen molar-refractivity contribution < 1.29 is 9.53 Å². The molecular weight excluding hydrogens is 284 g/mol. The van der Waals surface area contributed by atoms with E-state index in [0.29, 0.717) is 13.0 Å². The van der Waals surface area contributed by atoms with Crippen molar-refractivity contribution in [3.63, 3.8) is 0 Å². The zero-order valence-electron chi connectivity index (χ0n) is 9.41. The van der Waals surface area contributed by atoms with Crippen molar-refractivity contribution in [3.8, 4) is 0 Å². The molecule has 0 aromatic heterocycles. The molecule has 0 spiro atoms. The number of ether oxygens (including phenoxy) is 1. The first-order valence-electron chi connectivity index (χ1n) is 5.62. The molecule has 1 unspecified atom stereocenters. The highest BCUT2D eigenvalue weighted by atomic mass is 79.9. The van der Waals surface area contributed by atoms with Crippen LogP contribution in [-0.4, -0.2) is 31.7 Å². The van der Waals surface area contributed by atoms with Crippen LogP contribution >= 0.6 is 15.9 Å². The molecule has 92 valence electrons. The number of hydrogen-bond acceptors (Lipinski definition) is 3. The largest absolute Gasteiger partial charge is 0.375 e. The van der Waals surface area contributed by atoms with Crippen molar-refractivity contribution in [2.45, 2.75) is 12.5 Å². The molecule has 1 heterocycles. The summed E-state index contributed by atoms with van der Waals surface area (Å²) in [6.07, 6.45) is 0.371. The number of carbonyl (C=O) groups is 1. The molecule has 2 N–H and O–H groups in total. The van der Waals surface area contributed by atoms with Crippen LogP contribution in [0.2, 0.25) is 0 Å². The lowest BCUT2D eigenvalue weighted by Gasteiger charge is -2.23. The zero-order chi connectivity index (χ0) is 12.1. The number of rotatable bonds is 3. The van der Waals surface area contributed by atoms with Gasteiger partial charge in [-0.2, -0.15) is 0 Å². The Bertz CT molecular complexity index is 392. The van der Waals surface area contributed by atoms with Gasteiger partial charge in [0, 0.05) is 23.2 Å². The van der Waals surface area contributed by atoms with Gasteiger partial charge in [-0.25, -0.2) is 0 Å². The molecule has 17 heavy (non-hydrogen) atoms. The van der Waals surface area contributed by atoms with Gasteiger partial charge in [-0.3, -0.25) is 4.79 Å². The number of nitrogens with one attached hydrogen (secondary N) is 2. The third kappa shape index (κ3) is 4.11. The molecule has 5 heteroatoms. The highest BCUT2D eigenvalue weighted by Crippen LogP contribution is 2.16. The Morgan fingerprint density at radius 2 is 2.47 bits per heavy atom. The maximum Gasteiger partial charge on any atom is 0.227 e. The van der Waals surface area contributed by atoms with Gasteiger partial charge < -0.3 is 15.4 Å². The molecule has 1 saturated heterocycles. The van der Waals surface area contributed by atoms with E-state index in [1.54, 1.807) is 0 Å². The van der Waals surface area contributed by atoms with Crippen molar-refractivity contribution in [3.05, 3.63) is 28.7 Å². The third-order valence-corrected chi connectivity index (χ3v) is 3.02. The molecule has 1 amide bonds. The fraction of sp³-hybridized carbons (Fsp3) is 0.417. The van der Waals surface area contributed by atoms with Crippen LogP contribution in [0.15, 0.2) is 28.7 Å². The van der Waals surface area contributed by atoms with Gasteiger partial charge in [0.05, 0.1) is 19.1 Å². The number of halogens is 1. The van der Waals surface area contributed by atoms with E-state index in [1.807, 2.05) is 24.3 Å². The Hall–Kier alpha value is -0.910. The summed E-state index contributed by atoms with van der Waals surface area (Å²) < 4.78 is 6.43. The number of benzene rings is 1. The van der Waals surface area contributed by atoms with Crippen LogP contribution < -0.4 is 10.6 Å². The van der Waals surface area contributed by atoms with Gasteiger partial charge in [0.25, 0.3) is 0 Å². The summed E-state index contributed by atoms with van der Waals surface area (Å²) >= 11 is 3.36. The number of amides is 1. The van der Waals surface area contributed by atoms with Crippen molar-refractivity contribution in [2.24, 2.45) is 0 Å². The number of hydrogen-bond donors (Lipinski definition) is 2. The fourth-order valence-electron chi connectivity index (χ4n) is 1.74. The summed E-state index contributed by atoms with van der Waals surface area (Å²) in [5, 5.41) is 6.05. The molecule has 1 atom stereocenters. The van der Waals surface area contributed by atoms with E-state index < -0.39 is 0 Å². The zero-order valence-corrected chi connectivity index (χ0v) is 11.0. The highest BCUT2D eigenvalue weighted by Gasteiger charge is 2.17. The minimum absolute atomic E-state index is 0.0169. The van der Waals surface area contributed by atoms with Crippen LogP contribution in [0.5, 0.6) is 0 Å². The lowest BCUT2D eigenvalue weighted by atomic mass is 10.2. The molecule has 1 aliphatic rings. The van der Waals surface area contributed by atoms with Crippen LogP contribution in [0.3, 0.4) is 0 Å². The minimum Gasteiger partial charge on any atom is -0.375 e. The average molecular weight is 299 g/mol. The van der Waals surface area contributed by atoms with E-state index >= 15 is 0 Å². The van der Waals surface area contributed by atoms with Crippen LogP contribution in [0.4, 0.5) is 5.69 Å². The molecule has 1 aliphatic heterocycles. The second kappa shape index (κ2) is 6.14. The van der Waals surface area contributed by atoms with E-state index in [1.165, 1.54) is 0 Å². The van der Waals surface area contributed by atoms with Gasteiger partial charge in [0.15, 0.2) is 0 Å². The molecule has 2 rings (SSSR count). The van der Waals surface area contributed by atoms with E-state index in [9.17, 15) is 4.79 Å². The van der Waals surface area contributed by atoms with E-state index in [2.05, 4.69) is 26.6 Å². The van der Waals surface area contributed by atoms with Gasteiger partial charge in [0.1, 0.15) is 0 Å². The fourth-order valence-corrected chi connectivity index (χ4v) is 2.14. The van der Waals surface area contributed by atoms with Crippen molar-refractivity contribution >= 4 is 27.5 Å². The molecule has 4 nitrogen and oxygen atoms in total. The molecule has 1 aromatic rings. The van der Waals surface area contributed by atoms with E-state index in [4.69, 9.17) is 4.74 Å². The first-order chi connectivity index (χ1) is 8.24. The Kier molecular flexibility index (Phi) is 4.53. The second-order valence-corrected chi connectivity index (χ2v) is 4.88. The molecule has 1 aromatic carbocycles. The summed E-state index contributed by atoms with van der Waals surface area (Å²) in [4.78, 5) is 11.8. The highest BCUT2D eigenvalue weighted by molar-refractivity contribution is 9.10. The summed E-state index contributed by atoms with van der Waals surface area (Å²) in [5.74, 6) is -0.0169. The smallest absolute Gasteiger partial charge is 0.227 e. The first-order valence-corrected chi connectivity index (χ1v) is 6.41. The normalized spacial score (nSPS) is 19.9. The first kappa shape index (κ1) is 12.5. The number of morpholine rings is 1. The van der Waals surface area contributed by atoms with Crippen LogP contribution in [0.1, 0.15) is 6.42 Å². The molecule has 0 aliphatic carbocycles. The topological polar surface area (TPSA) is 50.4 Å². The van der Waals surface area contributed by atoms with E-state index in [0.717, 1.165) is 23.2 Å². The second-order valence-electron chi connectivity index (χ2n) is 3.96. The van der Waals surface area contributed by atoms with Gasteiger partial charge in [-0.05, 0) is 18.2 Å². The lowest BCUT2D eigenvalue weighted by Crippen LogP contribution is -2.40. The molecule has 1 fully saturated rings. The summed E-state index contributed by atoms with van der Waals surface area (Å²) in [7, 11) is 0. The van der Waals surface area contributed by atoms with Gasteiger partial charge in [0.2, 0.25) is 5.91 Å². The number of anilines is 1. The molecule has 0 radical (unpaired) electrons.